The van der Waals surface area contributed by atoms with Gasteiger partial charge in [0.05, 0.1) is 17.8 Å². The predicted octanol–water partition coefficient (Wildman–Crippen LogP) is 3.61. The maximum atomic E-state index is 13.5. The number of aromatic amines is 1. The van der Waals surface area contributed by atoms with E-state index < -0.39 is 17.2 Å². The molecule has 4 aromatic rings. The number of fused-ring (bicyclic) bond motifs is 1. The van der Waals surface area contributed by atoms with E-state index in [-0.39, 0.29) is 16.9 Å². The summed E-state index contributed by atoms with van der Waals surface area (Å²) in [6.07, 6.45) is 13.5. The van der Waals surface area contributed by atoms with Crippen molar-refractivity contribution in [1.29, 1.82) is 0 Å². The van der Waals surface area contributed by atoms with Crippen molar-refractivity contribution in [3.05, 3.63) is 67.3 Å². The van der Waals surface area contributed by atoms with E-state index >= 15 is 0 Å². The molecule has 0 aliphatic rings. The molecule has 0 bridgehead atoms. The van der Waals surface area contributed by atoms with Gasteiger partial charge in [0.15, 0.2) is 5.65 Å². The van der Waals surface area contributed by atoms with Crippen LogP contribution in [0.2, 0.25) is 0 Å². The minimum Gasteiger partial charge on any atom is -0.478 e. The normalized spacial score (nSPS) is 11.0. The number of hydrogen-bond acceptors (Lipinski definition) is 4. The first-order chi connectivity index (χ1) is 17.9. The van der Waals surface area contributed by atoms with Crippen molar-refractivity contribution in [1.82, 2.24) is 28.5 Å². The van der Waals surface area contributed by atoms with E-state index in [2.05, 4.69) is 23.9 Å². The smallest absolute Gasteiger partial charge is 0.337 e. The average molecular weight is 519 g/mol. The average Bonchev–Trinajstić information content (AvgIpc) is 3.52. The second-order valence-corrected chi connectivity index (χ2v) is 9.96. The molecule has 4 heterocycles. The topological polar surface area (TPSA) is 120 Å². The van der Waals surface area contributed by atoms with Crippen LogP contribution < -0.4 is 11.2 Å². The van der Waals surface area contributed by atoms with Gasteiger partial charge >= 0.3 is 11.7 Å². The summed E-state index contributed by atoms with van der Waals surface area (Å²) >= 11 is 0. The van der Waals surface area contributed by atoms with Gasteiger partial charge in [0, 0.05) is 38.7 Å². The van der Waals surface area contributed by atoms with Crippen LogP contribution in [-0.2, 0) is 27.2 Å². The Morgan fingerprint density at radius 2 is 1.87 bits per heavy atom. The second kappa shape index (κ2) is 10.8. The van der Waals surface area contributed by atoms with Crippen molar-refractivity contribution < 1.29 is 9.90 Å². The Morgan fingerprint density at radius 1 is 1.21 bits per heavy atom. The number of aromatic carboxylic acids is 1. The highest BCUT2D eigenvalue weighted by Gasteiger charge is 2.25. The first-order valence-electron chi connectivity index (χ1n) is 12.2. The fourth-order valence-corrected chi connectivity index (χ4v) is 4.56. The zero-order valence-corrected chi connectivity index (χ0v) is 22.9. The molecule has 10 nitrogen and oxygen atoms in total. The van der Waals surface area contributed by atoms with Crippen LogP contribution in [0.4, 0.5) is 0 Å². The molecule has 38 heavy (non-hydrogen) atoms. The van der Waals surface area contributed by atoms with Gasteiger partial charge in [0.2, 0.25) is 0 Å². The Bertz CT molecular complexity index is 1680. The highest BCUT2D eigenvalue weighted by atomic mass is 16.4. The highest BCUT2D eigenvalue weighted by molar-refractivity contribution is 5.94. The standard InChI is InChI=1S/C26H32N6O4.C2H2/c1-14(2)8-19-16(5)27-10-18(19)13-32-22(20-9-17(25(34)35)12-29(20)6)21-23(28-32)31(11-15(3)4)26(36)30(7)24(21)33;1-2/h8-10,12,15,27H,11,13H2,1-7H3,(H,34,35);1-2H. The number of terminal acetylenes is 1. The van der Waals surface area contributed by atoms with E-state index in [9.17, 15) is 19.5 Å². The third-order valence-corrected chi connectivity index (χ3v) is 6.23. The molecular weight excluding hydrogens is 484 g/mol. The van der Waals surface area contributed by atoms with Gasteiger partial charge in [0.1, 0.15) is 11.1 Å². The fourth-order valence-electron chi connectivity index (χ4n) is 4.56. The van der Waals surface area contributed by atoms with E-state index in [0.717, 1.165) is 27.0 Å². The molecule has 0 spiro atoms. The number of H-pyrrole nitrogens is 1. The lowest BCUT2D eigenvalue weighted by Crippen LogP contribution is -2.38. The Labute approximate surface area is 220 Å². The summed E-state index contributed by atoms with van der Waals surface area (Å²) in [5.74, 6) is -0.925. The maximum absolute atomic E-state index is 13.5. The summed E-state index contributed by atoms with van der Waals surface area (Å²) in [5.41, 5.74) is 4.63. The largest absolute Gasteiger partial charge is 0.478 e. The molecule has 0 saturated heterocycles. The van der Waals surface area contributed by atoms with E-state index in [1.165, 1.54) is 23.9 Å². The lowest BCUT2D eigenvalue weighted by molar-refractivity contribution is 0.0697. The molecule has 2 N–H and O–H groups in total. The molecule has 0 amide bonds. The molecule has 0 fully saturated rings. The van der Waals surface area contributed by atoms with Crippen LogP contribution >= 0.6 is 0 Å². The van der Waals surface area contributed by atoms with Gasteiger partial charge in [0.25, 0.3) is 5.56 Å². The number of carboxylic acids is 1. The van der Waals surface area contributed by atoms with Crippen LogP contribution in [0.3, 0.4) is 0 Å². The van der Waals surface area contributed by atoms with Crippen LogP contribution in [0.15, 0.2) is 33.6 Å². The van der Waals surface area contributed by atoms with Crippen molar-refractivity contribution >= 4 is 23.1 Å². The summed E-state index contributed by atoms with van der Waals surface area (Å²) < 4.78 is 6.00. The van der Waals surface area contributed by atoms with Crippen molar-refractivity contribution in [2.24, 2.45) is 20.0 Å². The third kappa shape index (κ3) is 5.00. The lowest BCUT2D eigenvalue weighted by Gasteiger charge is -2.11. The van der Waals surface area contributed by atoms with E-state index in [4.69, 9.17) is 5.10 Å². The number of rotatable bonds is 7. The summed E-state index contributed by atoms with van der Waals surface area (Å²) in [5, 5.41) is 14.7. The van der Waals surface area contributed by atoms with Crippen LogP contribution in [0.1, 0.15) is 54.9 Å². The Balaban J connectivity index is 0.00000195. The molecule has 0 aliphatic carbocycles. The molecule has 200 valence electrons. The molecule has 4 aromatic heterocycles. The predicted molar refractivity (Wildman–Crippen MR) is 149 cm³/mol. The SMILES string of the molecule is C#C.CC(C)=Cc1c(Cn2nc3c(c2-c2cc(C(=O)O)cn2C)c(=O)n(C)c(=O)n3CC(C)C)c[nH]c1C. The van der Waals surface area contributed by atoms with Crippen LogP contribution in [0.25, 0.3) is 28.5 Å². The van der Waals surface area contributed by atoms with Gasteiger partial charge in [-0.3, -0.25) is 18.6 Å². The molecule has 0 radical (unpaired) electrons. The summed E-state index contributed by atoms with van der Waals surface area (Å²) in [6, 6.07) is 1.53. The minimum atomic E-state index is -1.07. The Morgan fingerprint density at radius 3 is 2.42 bits per heavy atom. The number of carbonyl (C=O) groups is 1. The fraction of sp³-hybridized carbons (Fsp3) is 0.357. The molecule has 10 heteroatoms. The molecule has 4 rings (SSSR count). The third-order valence-electron chi connectivity index (χ3n) is 6.23. The molecular formula is C28H34N6O4. The van der Waals surface area contributed by atoms with E-state index in [0.29, 0.717) is 30.1 Å². The van der Waals surface area contributed by atoms with Gasteiger partial charge in [-0.15, -0.1) is 12.8 Å². The number of hydrogen-bond donors (Lipinski definition) is 2. The number of nitrogens with zero attached hydrogens (tertiary/aromatic N) is 5. The molecule has 0 saturated carbocycles. The molecule has 0 atom stereocenters. The quantitative estimate of drug-likeness (QED) is 0.362. The minimum absolute atomic E-state index is 0.100. The van der Waals surface area contributed by atoms with Crippen molar-refractivity contribution in [2.75, 3.05) is 0 Å². The van der Waals surface area contributed by atoms with Gasteiger partial charge in [-0.2, -0.15) is 5.10 Å². The Kier molecular flexibility index (Phi) is 8.01. The van der Waals surface area contributed by atoms with E-state index in [1.54, 1.807) is 16.3 Å². The van der Waals surface area contributed by atoms with Crippen LogP contribution in [0.5, 0.6) is 0 Å². The number of aromatic nitrogens is 6. The van der Waals surface area contributed by atoms with E-state index in [1.807, 2.05) is 40.8 Å². The summed E-state index contributed by atoms with van der Waals surface area (Å²) in [7, 11) is 3.19. The van der Waals surface area contributed by atoms with Gasteiger partial charge in [-0.05, 0) is 43.9 Å². The zero-order chi connectivity index (χ0) is 28.5. The van der Waals surface area contributed by atoms with Crippen LogP contribution in [0, 0.1) is 25.7 Å². The molecule has 0 aromatic carbocycles. The lowest BCUT2D eigenvalue weighted by atomic mass is 10.1. The summed E-state index contributed by atoms with van der Waals surface area (Å²) in [4.78, 5) is 41.5. The number of allylic oxidation sites excluding steroid dienone is 1. The van der Waals surface area contributed by atoms with Crippen LogP contribution in [-0.4, -0.2) is 39.5 Å². The van der Waals surface area contributed by atoms with Crippen molar-refractivity contribution in [2.45, 2.75) is 47.7 Å². The van der Waals surface area contributed by atoms with Crippen molar-refractivity contribution in [3.63, 3.8) is 0 Å². The number of nitrogens with one attached hydrogen (secondary N) is 1. The number of carboxylic acid groups (broad SMARTS) is 1. The van der Waals surface area contributed by atoms with Gasteiger partial charge in [-0.25, -0.2) is 9.59 Å². The monoisotopic (exact) mass is 518 g/mol. The molecule has 0 unspecified atom stereocenters. The summed E-state index contributed by atoms with van der Waals surface area (Å²) in [6.45, 7) is 10.7. The highest BCUT2D eigenvalue weighted by Crippen LogP contribution is 2.30. The second-order valence-electron chi connectivity index (χ2n) is 9.96. The Hall–Kier alpha value is -4.52. The maximum Gasteiger partial charge on any atom is 0.337 e. The number of aryl methyl sites for hydroxylation is 2. The first kappa shape index (κ1) is 28.1. The zero-order valence-electron chi connectivity index (χ0n) is 22.9. The van der Waals surface area contributed by atoms with Gasteiger partial charge in [-0.1, -0.05) is 25.5 Å². The first-order valence-corrected chi connectivity index (χ1v) is 12.2. The van der Waals surface area contributed by atoms with Gasteiger partial charge < -0.3 is 14.7 Å². The van der Waals surface area contributed by atoms with Crippen molar-refractivity contribution in [3.8, 4) is 24.2 Å². The molecule has 0 aliphatic heterocycles.